The standard InChI is InChI=1S/C21H30N4O7/c1-21(2,20(28)24(3)11-4-5-12-32-25(29)30)22-13-15(26)14-31-18-8-6-7-17-16(18)9-10-19(27)23-17/h6-10,15,22,26H,4-5,11-14H2,1-3H3,(H,23,27). The first-order valence-electron chi connectivity index (χ1n) is 10.3. The molecule has 176 valence electrons. The number of H-pyrrole nitrogens is 1. The number of unbranched alkanes of at least 4 members (excludes halogenated alkanes) is 1. The van der Waals surface area contributed by atoms with E-state index in [0.29, 0.717) is 30.7 Å². The van der Waals surface area contributed by atoms with Crippen molar-refractivity contribution < 1.29 is 24.6 Å². The quantitative estimate of drug-likeness (QED) is 0.233. The molecule has 2 rings (SSSR count). The molecule has 11 nitrogen and oxygen atoms in total. The van der Waals surface area contributed by atoms with Crippen molar-refractivity contribution in [3.8, 4) is 5.75 Å². The van der Waals surface area contributed by atoms with Crippen molar-refractivity contribution in [3.63, 3.8) is 0 Å². The van der Waals surface area contributed by atoms with Gasteiger partial charge in [0.1, 0.15) is 18.5 Å². The van der Waals surface area contributed by atoms with Crippen LogP contribution in [0.25, 0.3) is 10.9 Å². The predicted molar refractivity (Wildman–Crippen MR) is 118 cm³/mol. The molecule has 0 spiro atoms. The van der Waals surface area contributed by atoms with E-state index in [0.717, 1.165) is 5.39 Å². The Balaban J connectivity index is 1.79. The summed E-state index contributed by atoms with van der Waals surface area (Å²) >= 11 is 0. The number of aromatic nitrogens is 1. The van der Waals surface area contributed by atoms with E-state index in [9.17, 15) is 24.8 Å². The number of pyridine rings is 1. The lowest BCUT2D eigenvalue weighted by Crippen LogP contribution is -2.55. The summed E-state index contributed by atoms with van der Waals surface area (Å²) in [6.45, 7) is 3.99. The van der Waals surface area contributed by atoms with E-state index in [1.807, 2.05) is 0 Å². The second-order valence-corrected chi connectivity index (χ2v) is 8.00. The Hall–Kier alpha value is -3.18. The van der Waals surface area contributed by atoms with Crippen LogP contribution in [0.2, 0.25) is 0 Å². The molecule has 0 radical (unpaired) electrons. The highest BCUT2D eigenvalue weighted by molar-refractivity contribution is 5.85. The van der Waals surface area contributed by atoms with Crippen LogP contribution in [0.5, 0.6) is 5.75 Å². The molecule has 0 bridgehead atoms. The SMILES string of the molecule is CN(CCCCO[N+](=O)[O-])C(=O)C(C)(C)NCC(O)COc1cccc2[nH]c(=O)ccc12. The molecular weight excluding hydrogens is 420 g/mol. The summed E-state index contributed by atoms with van der Waals surface area (Å²) in [5, 5.41) is 23.4. The van der Waals surface area contributed by atoms with Crippen LogP contribution in [0, 0.1) is 10.1 Å². The lowest BCUT2D eigenvalue weighted by molar-refractivity contribution is -0.757. The van der Waals surface area contributed by atoms with Gasteiger partial charge in [0.2, 0.25) is 11.5 Å². The van der Waals surface area contributed by atoms with Gasteiger partial charge >= 0.3 is 0 Å². The van der Waals surface area contributed by atoms with Gasteiger partial charge in [0.25, 0.3) is 5.09 Å². The topological polar surface area (TPSA) is 147 Å². The van der Waals surface area contributed by atoms with Crippen LogP contribution in [0.3, 0.4) is 0 Å². The Kier molecular flexibility index (Phi) is 8.97. The Bertz CT molecular complexity index is 976. The van der Waals surface area contributed by atoms with Crippen LogP contribution >= 0.6 is 0 Å². The first kappa shape index (κ1) is 25.1. The third-order valence-corrected chi connectivity index (χ3v) is 4.90. The van der Waals surface area contributed by atoms with Gasteiger partial charge < -0.3 is 29.9 Å². The van der Waals surface area contributed by atoms with Crippen molar-refractivity contribution in [1.29, 1.82) is 0 Å². The predicted octanol–water partition coefficient (Wildman–Crippen LogP) is 1.08. The molecule has 0 saturated heterocycles. The number of carbonyl (C=O) groups excluding carboxylic acids is 1. The summed E-state index contributed by atoms with van der Waals surface area (Å²) in [7, 11) is 1.66. The van der Waals surface area contributed by atoms with Gasteiger partial charge in [-0.15, -0.1) is 10.1 Å². The van der Waals surface area contributed by atoms with E-state index in [-0.39, 0.29) is 31.2 Å². The molecular formula is C21H30N4O7. The van der Waals surface area contributed by atoms with Gasteiger partial charge in [0.15, 0.2) is 0 Å². The number of nitrogens with zero attached hydrogens (tertiary/aromatic N) is 2. The van der Waals surface area contributed by atoms with Gasteiger partial charge in [-0.25, -0.2) is 0 Å². The monoisotopic (exact) mass is 450 g/mol. The first-order chi connectivity index (χ1) is 15.1. The van der Waals surface area contributed by atoms with Gasteiger partial charge in [-0.1, -0.05) is 6.07 Å². The maximum atomic E-state index is 12.7. The average molecular weight is 450 g/mol. The van der Waals surface area contributed by atoms with Crippen molar-refractivity contribution >= 4 is 16.8 Å². The van der Waals surface area contributed by atoms with Crippen molar-refractivity contribution in [2.24, 2.45) is 0 Å². The third kappa shape index (κ3) is 7.50. The molecule has 11 heteroatoms. The number of benzene rings is 1. The number of hydrogen-bond acceptors (Lipinski definition) is 8. The van der Waals surface area contributed by atoms with Gasteiger partial charge in [-0.2, -0.15) is 0 Å². The number of carbonyl (C=O) groups is 1. The smallest absolute Gasteiger partial charge is 0.294 e. The van der Waals surface area contributed by atoms with E-state index in [1.54, 1.807) is 50.1 Å². The molecule has 0 aliphatic heterocycles. The molecule has 1 aromatic carbocycles. The van der Waals surface area contributed by atoms with Gasteiger partial charge in [0, 0.05) is 31.6 Å². The maximum Gasteiger partial charge on any atom is 0.294 e. The third-order valence-electron chi connectivity index (χ3n) is 4.90. The zero-order valence-electron chi connectivity index (χ0n) is 18.5. The Morgan fingerprint density at radius 3 is 2.78 bits per heavy atom. The van der Waals surface area contributed by atoms with Gasteiger partial charge in [-0.05, 0) is 44.9 Å². The molecule has 32 heavy (non-hydrogen) atoms. The van der Waals surface area contributed by atoms with Crippen LogP contribution in [0.4, 0.5) is 0 Å². The lowest BCUT2D eigenvalue weighted by atomic mass is 10.0. The van der Waals surface area contributed by atoms with Crippen molar-refractivity contribution in [1.82, 2.24) is 15.2 Å². The van der Waals surface area contributed by atoms with Crippen LogP contribution < -0.4 is 15.6 Å². The lowest BCUT2D eigenvalue weighted by Gasteiger charge is -2.31. The van der Waals surface area contributed by atoms with Crippen LogP contribution in [0.15, 0.2) is 35.1 Å². The fraction of sp³-hybridized carbons (Fsp3) is 0.524. The van der Waals surface area contributed by atoms with Crippen LogP contribution in [0.1, 0.15) is 26.7 Å². The highest BCUT2D eigenvalue weighted by Crippen LogP contribution is 2.23. The minimum atomic E-state index is -0.925. The Morgan fingerprint density at radius 1 is 1.31 bits per heavy atom. The number of aromatic amines is 1. The Labute approximate surface area is 185 Å². The second kappa shape index (κ2) is 11.4. The van der Waals surface area contributed by atoms with Crippen LogP contribution in [-0.4, -0.2) is 71.0 Å². The minimum Gasteiger partial charge on any atom is -0.490 e. The van der Waals surface area contributed by atoms with Gasteiger partial charge in [0.05, 0.1) is 17.7 Å². The second-order valence-electron chi connectivity index (χ2n) is 8.00. The normalized spacial score (nSPS) is 12.4. The molecule has 0 aliphatic carbocycles. The van der Waals surface area contributed by atoms with E-state index in [2.05, 4.69) is 15.1 Å². The summed E-state index contributed by atoms with van der Waals surface area (Å²) < 4.78 is 5.72. The van der Waals surface area contributed by atoms with E-state index in [1.165, 1.54) is 6.07 Å². The fourth-order valence-corrected chi connectivity index (χ4v) is 3.15. The largest absolute Gasteiger partial charge is 0.490 e. The van der Waals surface area contributed by atoms with Crippen molar-refractivity contribution in [2.45, 2.75) is 38.3 Å². The number of aliphatic hydroxyl groups excluding tert-OH is 1. The highest BCUT2D eigenvalue weighted by atomic mass is 16.9. The molecule has 1 amide bonds. The number of nitrogens with one attached hydrogen (secondary N) is 2. The minimum absolute atomic E-state index is 0.00178. The molecule has 2 aromatic rings. The number of β-amino-alcohol motifs (C(OH)–C–C–N with tert-alkyl or cyclic N) is 1. The number of hydrogen-bond donors (Lipinski definition) is 3. The zero-order valence-corrected chi connectivity index (χ0v) is 18.5. The number of amides is 1. The molecule has 0 aliphatic rings. The van der Waals surface area contributed by atoms with E-state index in [4.69, 9.17) is 4.74 Å². The highest BCUT2D eigenvalue weighted by Gasteiger charge is 2.30. The molecule has 1 heterocycles. The molecule has 0 saturated carbocycles. The van der Waals surface area contributed by atoms with E-state index >= 15 is 0 Å². The number of fused-ring (bicyclic) bond motifs is 1. The summed E-state index contributed by atoms with van der Waals surface area (Å²) in [5.41, 5.74) is -0.491. The maximum absolute atomic E-state index is 12.7. The Morgan fingerprint density at radius 2 is 2.06 bits per heavy atom. The zero-order chi connectivity index (χ0) is 23.7. The summed E-state index contributed by atoms with van der Waals surface area (Å²) in [6.07, 6.45) is 0.161. The molecule has 1 atom stereocenters. The van der Waals surface area contributed by atoms with Crippen molar-refractivity contribution in [2.75, 3.05) is 33.4 Å². The van der Waals surface area contributed by atoms with Gasteiger partial charge in [-0.3, -0.25) is 9.59 Å². The summed E-state index contributed by atoms with van der Waals surface area (Å²) in [4.78, 5) is 42.8. The number of rotatable bonds is 13. The molecule has 3 N–H and O–H groups in total. The number of aliphatic hydroxyl groups is 1. The van der Waals surface area contributed by atoms with Crippen LogP contribution in [-0.2, 0) is 9.63 Å². The summed E-state index contributed by atoms with van der Waals surface area (Å²) in [5.74, 6) is 0.368. The number of likely N-dealkylation sites (N-methyl/N-ethyl adjacent to an activating group) is 1. The molecule has 0 fully saturated rings. The fourth-order valence-electron chi connectivity index (χ4n) is 3.15. The van der Waals surface area contributed by atoms with E-state index < -0.39 is 16.7 Å². The molecule has 1 unspecified atom stereocenters. The summed E-state index contributed by atoms with van der Waals surface area (Å²) in [6, 6.07) is 8.34. The average Bonchev–Trinajstić information content (AvgIpc) is 2.74. The molecule has 1 aromatic heterocycles. The number of ether oxygens (including phenoxy) is 1. The first-order valence-corrected chi connectivity index (χ1v) is 10.3. The van der Waals surface area contributed by atoms with Crippen molar-refractivity contribution in [3.05, 3.63) is 50.8 Å².